The van der Waals surface area contributed by atoms with Gasteiger partial charge in [-0.3, -0.25) is 24.2 Å². The number of carbonyl (C=O) groups excluding carboxylic acids is 3. The summed E-state index contributed by atoms with van der Waals surface area (Å²) in [4.78, 5) is 44.6. The summed E-state index contributed by atoms with van der Waals surface area (Å²) < 4.78 is 0. The average Bonchev–Trinajstić information content (AvgIpc) is 3.43. The van der Waals surface area contributed by atoms with E-state index in [0.29, 0.717) is 27.3 Å². The zero-order valence-electron chi connectivity index (χ0n) is 18.5. The van der Waals surface area contributed by atoms with E-state index >= 15 is 0 Å². The number of allylic oxidation sites excluding steroid dienone is 1. The van der Waals surface area contributed by atoms with Gasteiger partial charge < -0.3 is 0 Å². The third-order valence-corrected chi connectivity index (χ3v) is 8.93. The first-order valence-electron chi connectivity index (χ1n) is 11.0. The molecule has 3 amide bonds. The lowest BCUT2D eigenvalue weighted by Gasteiger charge is -2.27. The molecule has 0 radical (unpaired) electrons. The Kier molecular flexibility index (Phi) is 5.93. The molecule has 2 aromatic carbocycles. The van der Waals surface area contributed by atoms with Gasteiger partial charge in [-0.15, -0.1) is 23.5 Å². The van der Waals surface area contributed by atoms with Gasteiger partial charge in [0.25, 0.3) is 11.8 Å². The van der Waals surface area contributed by atoms with Crippen molar-refractivity contribution in [3.8, 4) is 0 Å². The van der Waals surface area contributed by atoms with Crippen molar-refractivity contribution in [1.29, 1.82) is 0 Å². The van der Waals surface area contributed by atoms with E-state index in [1.165, 1.54) is 9.81 Å². The van der Waals surface area contributed by atoms with Gasteiger partial charge in [-0.05, 0) is 53.0 Å². The van der Waals surface area contributed by atoms with Crippen molar-refractivity contribution in [3.05, 3.63) is 87.2 Å². The molecule has 2 aromatic rings. The van der Waals surface area contributed by atoms with E-state index in [2.05, 4.69) is 19.1 Å². The maximum Gasteiger partial charge on any atom is 0.263 e. The summed E-state index contributed by atoms with van der Waals surface area (Å²) >= 11 is 3.63. The zero-order valence-corrected chi connectivity index (χ0v) is 20.1. The molecule has 33 heavy (non-hydrogen) atoms. The van der Waals surface area contributed by atoms with Crippen LogP contribution in [0.5, 0.6) is 0 Å². The van der Waals surface area contributed by atoms with Crippen molar-refractivity contribution < 1.29 is 14.4 Å². The van der Waals surface area contributed by atoms with Gasteiger partial charge in [-0.1, -0.05) is 43.3 Å². The fourth-order valence-electron chi connectivity index (χ4n) is 4.34. The highest BCUT2D eigenvalue weighted by Gasteiger charge is 2.38. The molecule has 5 nitrogen and oxygen atoms in total. The number of rotatable bonds is 6. The van der Waals surface area contributed by atoms with Crippen LogP contribution in [0.25, 0.3) is 0 Å². The first-order chi connectivity index (χ1) is 15.9. The van der Waals surface area contributed by atoms with Crippen molar-refractivity contribution in [2.75, 3.05) is 11.6 Å². The smallest absolute Gasteiger partial charge is 0.263 e. The number of nitrogens with zero attached hydrogens (tertiary/aromatic N) is 2. The molecule has 3 aliphatic rings. The molecular weight excluding hydrogens is 452 g/mol. The molecule has 0 spiro atoms. The molecule has 0 saturated carbocycles. The first kappa shape index (κ1) is 22.0. The van der Waals surface area contributed by atoms with Crippen molar-refractivity contribution in [1.82, 2.24) is 4.90 Å². The quantitative estimate of drug-likeness (QED) is 0.524. The summed E-state index contributed by atoms with van der Waals surface area (Å²) in [6.45, 7) is 4.02. The predicted octanol–water partition coefficient (Wildman–Crippen LogP) is 5.38. The fraction of sp³-hybridized carbons (Fsp3) is 0.269. The molecule has 3 heterocycles. The summed E-state index contributed by atoms with van der Waals surface area (Å²) in [5.74, 6) is -0.849. The predicted molar refractivity (Wildman–Crippen MR) is 134 cm³/mol. The van der Waals surface area contributed by atoms with Crippen LogP contribution < -0.4 is 4.90 Å². The number of anilines is 1. The molecule has 2 unspecified atom stereocenters. The summed E-state index contributed by atoms with van der Waals surface area (Å²) in [6.07, 6.45) is 5.81. The minimum Gasteiger partial charge on any atom is -0.293 e. The Bertz CT molecular complexity index is 1180. The zero-order chi connectivity index (χ0) is 23.1. The number of amides is 3. The first-order valence-corrected chi connectivity index (χ1v) is 12.8. The molecule has 0 N–H and O–H groups in total. The Morgan fingerprint density at radius 1 is 0.939 bits per heavy atom. The van der Waals surface area contributed by atoms with Crippen LogP contribution in [0.1, 0.15) is 46.0 Å². The third-order valence-electron chi connectivity index (χ3n) is 6.05. The number of fused-ring (bicyclic) bond motifs is 2. The van der Waals surface area contributed by atoms with Crippen molar-refractivity contribution in [2.45, 2.75) is 37.2 Å². The Balaban J connectivity index is 1.38. The molecule has 3 aliphatic heterocycles. The van der Waals surface area contributed by atoms with Crippen LogP contribution in [-0.4, -0.2) is 39.8 Å². The number of aryl methyl sites for hydroxylation is 1. The van der Waals surface area contributed by atoms with E-state index in [-0.39, 0.29) is 30.8 Å². The molecule has 2 atom stereocenters. The lowest BCUT2D eigenvalue weighted by molar-refractivity contribution is -0.118. The van der Waals surface area contributed by atoms with Crippen LogP contribution in [-0.2, 0) is 4.79 Å². The van der Waals surface area contributed by atoms with E-state index in [1.54, 1.807) is 40.9 Å². The second-order valence-corrected chi connectivity index (χ2v) is 11.0. The van der Waals surface area contributed by atoms with Crippen molar-refractivity contribution in [3.63, 3.8) is 0 Å². The number of thioether (sulfide) groups is 2. The second-order valence-electron chi connectivity index (χ2n) is 8.35. The van der Waals surface area contributed by atoms with Crippen molar-refractivity contribution in [2.24, 2.45) is 0 Å². The van der Waals surface area contributed by atoms with Crippen molar-refractivity contribution >= 4 is 46.9 Å². The van der Waals surface area contributed by atoms with Crippen LogP contribution in [0, 0.1) is 6.92 Å². The van der Waals surface area contributed by atoms with Gasteiger partial charge in [0, 0.05) is 16.2 Å². The van der Waals surface area contributed by atoms with Crippen LogP contribution in [0.15, 0.2) is 70.5 Å². The minimum absolute atomic E-state index is 0.103. The van der Waals surface area contributed by atoms with E-state index in [1.807, 2.05) is 43.0 Å². The number of carbonyl (C=O) groups is 3. The Morgan fingerprint density at radius 3 is 2.21 bits per heavy atom. The van der Waals surface area contributed by atoms with Gasteiger partial charge in [0.2, 0.25) is 5.91 Å². The van der Waals surface area contributed by atoms with Gasteiger partial charge >= 0.3 is 0 Å². The van der Waals surface area contributed by atoms with E-state index in [9.17, 15) is 14.4 Å². The fourth-order valence-corrected chi connectivity index (χ4v) is 7.26. The van der Waals surface area contributed by atoms with E-state index < -0.39 is 0 Å². The van der Waals surface area contributed by atoms with Crippen LogP contribution in [0.2, 0.25) is 0 Å². The standard InChI is InChI=1S/C26H24N2O3S2/c1-3-18-12-22-23(32-18)13-19(33-22)14-24(29)27(17-8-6-7-16(2)11-17)15-28-25(30)20-9-4-5-10-21(20)26(28)31/h4-13,22-23H,3,14-15H2,1-2H3. The lowest BCUT2D eigenvalue weighted by Crippen LogP contribution is -2.44. The van der Waals surface area contributed by atoms with E-state index in [4.69, 9.17) is 0 Å². The van der Waals surface area contributed by atoms with Gasteiger partial charge in [0.05, 0.1) is 17.5 Å². The number of hydrogen-bond donors (Lipinski definition) is 0. The molecule has 7 heteroatoms. The average molecular weight is 477 g/mol. The maximum absolute atomic E-state index is 13.5. The van der Waals surface area contributed by atoms with E-state index in [0.717, 1.165) is 16.9 Å². The highest BCUT2D eigenvalue weighted by molar-refractivity contribution is 8.09. The van der Waals surface area contributed by atoms with Crippen LogP contribution in [0.3, 0.4) is 0 Å². The van der Waals surface area contributed by atoms with Gasteiger partial charge in [-0.25, -0.2) is 0 Å². The molecule has 0 aromatic heterocycles. The lowest BCUT2D eigenvalue weighted by atomic mass is 10.1. The maximum atomic E-state index is 13.5. The Labute approximate surface area is 201 Å². The highest BCUT2D eigenvalue weighted by atomic mass is 32.2. The monoisotopic (exact) mass is 476 g/mol. The molecule has 168 valence electrons. The van der Waals surface area contributed by atoms with Crippen LogP contribution in [0.4, 0.5) is 5.69 Å². The molecule has 0 saturated heterocycles. The topological polar surface area (TPSA) is 57.7 Å². The van der Waals surface area contributed by atoms with Gasteiger partial charge in [0.1, 0.15) is 6.67 Å². The number of hydrogen-bond acceptors (Lipinski definition) is 5. The molecule has 0 bridgehead atoms. The normalized spacial score (nSPS) is 21.1. The number of benzene rings is 2. The van der Waals surface area contributed by atoms with Gasteiger partial charge in [0.15, 0.2) is 0 Å². The highest BCUT2D eigenvalue weighted by Crippen LogP contribution is 2.49. The Morgan fingerprint density at radius 2 is 1.58 bits per heavy atom. The Hall–Kier alpha value is -2.77. The largest absolute Gasteiger partial charge is 0.293 e. The molecule has 0 fully saturated rings. The summed E-state index contributed by atoms with van der Waals surface area (Å²) in [7, 11) is 0. The summed E-state index contributed by atoms with van der Waals surface area (Å²) in [5.41, 5.74) is 2.46. The third kappa shape index (κ3) is 4.15. The van der Waals surface area contributed by atoms with Crippen LogP contribution >= 0.6 is 23.5 Å². The SMILES string of the molecule is CCC1=CC2SC(CC(=O)N(CN3C(=O)c4ccccc4C3=O)c3cccc(C)c3)=CC2S1. The molecule has 0 aliphatic carbocycles. The van der Waals surface area contributed by atoms with Gasteiger partial charge in [-0.2, -0.15) is 0 Å². The molecular formula is C26H24N2O3S2. The summed E-state index contributed by atoms with van der Waals surface area (Å²) in [5, 5.41) is 0.771. The minimum atomic E-state index is -0.362. The molecule has 5 rings (SSSR count). The second kappa shape index (κ2) is 8.88. The summed E-state index contributed by atoms with van der Waals surface area (Å²) in [6, 6.07) is 14.4. The number of imide groups is 1.